The van der Waals surface area contributed by atoms with Crippen LogP contribution >= 0.6 is 0 Å². The average molecular weight is 357 g/mol. The van der Waals surface area contributed by atoms with Crippen LogP contribution < -0.4 is 0 Å². The average Bonchev–Trinajstić information content (AvgIpc) is 2.46. The van der Waals surface area contributed by atoms with Crippen LogP contribution in [0.4, 0.5) is 0 Å². The molecule has 0 radical (unpaired) electrons. The molecule has 138 valence electrons. The highest BCUT2D eigenvalue weighted by Gasteiger charge is 2.51. The van der Waals surface area contributed by atoms with Gasteiger partial charge in [0.1, 0.15) is 18.6 Å². The van der Waals surface area contributed by atoms with E-state index in [9.17, 15) is 24.4 Å². The molecule has 1 aliphatic heterocycles. The molecule has 25 heavy (non-hydrogen) atoms. The Labute approximate surface area is 143 Å². The molecule has 0 N–H and O–H groups in total. The van der Waals surface area contributed by atoms with Gasteiger partial charge in [0.15, 0.2) is 12.2 Å². The normalized spacial score (nSPS) is 28.2. The first-order valence-corrected chi connectivity index (χ1v) is 7.35. The maximum Gasteiger partial charge on any atom is 0.305 e. The van der Waals surface area contributed by atoms with Gasteiger partial charge < -0.3 is 23.7 Å². The molecule has 0 aromatic rings. The van der Waals surface area contributed by atoms with Crippen LogP contribution in [-0.4, -0.2) is 55.1 Å². The van der Waals surface area contributed by atoms with Crippen molar-refractivity contribution in [2.45, 2.75) is 52.3 Å². The summed E-state index contributed by atoms with van der Waals surface area (Å²) in [7, 11) is 0. The SMILES string of the molecule is CC(=O)OC[C@H]1OC(OC(C)=O)[C@H](OC(C)=O)[C@H](C#N)[C@@H]1OC(C)=O. The monoisotopic (exact) mass is 357 g/mol. The molecule has 0 saturated carbocycles. The molecule has 0 aromatic carbocycles. The Morgan fingerprint density at radius 2 is 1.40 bits per heavy atom. The number of carbonyl (C=O) groups excluding carboxylic acids is 4. The number of carbonyl (C=O) groups is 4. The van der Waals surface area contributed by atoms with E-state index in [1.165, 1.54) is 0 Å². The predicted molar refractivity (Wildman–Crippen MR) is 77.3 cm³/mol. The first-order valence-electron chi connectivity index (χ1n) is 7.35. The maximum absolute atomic E-state index is 11.4. The molecule has 1 rings (SSSR count). The molecule has 1 unspecified atom stereocenters. The van der Waals surface area contributed by atoms with Crippen molar-refractivity contribution in [3.63, 3.8) is 0 Å². The van der Waals surface area contributed by atoms with Crippen LogP contribution in [0.15, 0.2) is 0 Å². The van der Waals surface area contributed by atoms with Gasteiger partial charge >= 0.3 is 23.9 Å². The Morgan fingerprint density at radius 1 is 0.880 bits per heavy atom. The van der Waals surface area contributed by atoms with E-state index in [1.54, 1.807) is 0 Å². The predicted octanol–water partition coefficient (Wildman–Crippen LogP) is -0.159. The molecular weight excluding hydrogens is 338 g/mol. The number of hydrogen-bond donors (Lipinski definition) is 0. The summed E-state index contributed by atoms with van der Waals surface area (Å²) in [5.74, 6) is -4.02. The molecule has 1 fully saturated rings. The summed E-state index contributed by atoms with van der Waals surface area (Å²) in [5, 5.41) is 9.47. The minimum absolute atomic E-state index is 0.351. The highest BCUT2D eigenvalue weighted by Crippen LogP contribution is 2.31. The van der Waals surface area contributed by atoms with Gasteiger partial charge in [0, 0.05) is 27.7 Å². The lowest BCUT2D eigenvalue weighted by atomic mass is 9.89. The fourth-order valence-corrected chi connectivity index (χ4v) is 2.31. The number of nitrogens with zero attached hydrogens (tertiary/aromatic N) is 1. The van der Waals surface area contributed by atoms with Crippen molar-refractivity contribution in [2.24, 2.45) is 5.92 Å². The molecule has 1 aliphatic rings. The smallest absolute Gasteiger partial charge is 0.305 e. The lowest BCUT2D eigenvalue weighted by Crippen LogP contribution is -2.58. The molecule has 5 atom stereocenters. The molecule has 0 aromatic heterocycles. The Kier molecular flexibility index (Phi) is 7.32. The zero-order chi connectivity index (χ0) is 19.1. The minimum atomic E-state index is -1.42. The number of nitriles is 1. The van der Waals surface area contributed by atoms with E-state index in [1.807, 2.05) is 6.07 Å². The molecule has 0 spiro atoms. The summed E-state index contributed by atoms with van der Waals surface area (Å²) < 4.78 is 25.4. The van der Waals surface area contributed by atoms with Crippen molar-refractivity contribution in [3.8, 4) is 6.07 Å². The third-order valence-corrected chi connectivity index (χ3v) is 3.14. The van der Waals surface area contributed by atoms with Gasteiger partial charge in [0.05, 0.1) is 6.07 Å². The van der Waals surface area contributed by atoms with Crippen molar-refractivity contribution in [2.75, 3.05) is 6.61 Å². The molecule has 1 saturated heterocycles. The standard InChI is InChI=1S/C15H19NO9/c1-7(17)21-6-12-13(22-8(2)18)11(5-16)14(23-9(3)19)15(25-12)24-10(4)20/h11-15H,6H2,1-4H3/t11-,12-,13+,14-,15?/m1/s1. The van der Waals surface area contributed by atoms with Crippen molar-refractivity contribution < 1.29 is 42.9 Å². The van der Waals surface area contributed by atoms with Gasteiger partial charge in [-0.1, -0.05) is 0 Å². The largest absolute Gasteiger partial charge is 0.463 e. The second-order valence-electron chi connectivity index (χ2n) is 5.26. The zero-order valence-electron chi connectivity index (χ0n) is 14.2. The third kappa shape index (κ3) is 6.04. The van der Waals surface area contributed by atoms with Gasteiger partial charge in [0.2, 0.25) is 6.29 Å². The summed E-state index contributed by atoms with van der Waals surface area (Å²) in [6.45, 7) is 4.14. The summed E-state index contributed by atoms with van der Waals surface area (Å²) in [5.41, 5.74) is 0. The van der Waals surface area contributed by atoms with Crippen molar-refractivity contribution in [1.29, 1.82) is 5.26 Å². The van der Waals surface area contributed by atoms with E-state index in [0.717, 1.165) is 27.7 Å². The van der Waals surface area contributed by atoms with E-state index < -0.39 is 54.4 Å². The lowest BCUT2D eigenvalue weighted by molar-refractivity contribution is -0.281. The van der Waals surface area contributed by atoms with Crippen LogP contribution in [-0.2, 0) is 42.9 Å². The Balaban J connectivity index is 3.17. The van der Waals surface area contributed by atoms with Crippen LogP contribution in [0.25, 0.3) is 0 Å². The van der Waals surface area contributed by atoms with Gasteiger partial charge in [0.25, 0.3) is 0 Å². The molecule has 1 heterocycles. The van der Waals surface area contributed by atoms with Gasteiger partial charge in [-0.15, -0.1) is 0 Å². The second kappa shape index (κ2) is 8.98. The molecule has 0 amide bonds. The Bertz CT molecular complexity index is 582. The fraction of sp³-hybridized carbons (Fsp3) is 0.667. The summed E-state index contributed by atoms with van der Waals surface area (Å²) in [6, 6.07) is 1.87. The van der Waals surface area contributed by atoms with Crippen LogP contribution in [0.5, 0.6) is 0 Å². The van der Waals surface area contributed by atoms with E-state index >= 15 is 0 Å². The van der Waals surface area contributed by atoms with E-state index in [2.05, 4.69) is 0 Å². The number of rotatable bonds is 5. The first kappa shape index (κ1) is 20.4. The van der Waals surface area contributed by atoms with Crippen LogP contribution in [0.2, 0.25) is 0 Å². The lowest BCUT2D eigenvalue weighted by Gasteiger charge is -2.41. The van der Waals surface area contributed by atoms with Gasteiger partial charge in [-0.05, 0) is 0 Å². The Hall–Kier alpha value is -2.67. The van der Waals surface area contributed by atoms with E-state index in [-0.39, 0.29) is 6.61 Å². The third-order valence-electron chi connectivity index (χ3n) is 3.14. The van der Waals surface area contributed by atoms with Crippen LogP contribution in [0, 0.1) is 17.2 Å². The quantitative estimate of drug-likeness (QED) is 0.482. The summed E-state index contributed by atoms with van der Waals surface area (Å²) in [6.07, 6.45) is -5.02. The minimum Gasteiger partial charge on any atom is -0.463 e. The van der Waals surface area contributed by atoms with Crippen molar-refractivity contribution >= 4 is 23.9 Å². The summed E-state index contributed by atoms with van der Waals surface area (Å²) in [4.78, 5) is 45.0. The zero-order valence-corrected chi connectivity index (χ0v) is 14.2. The second-order valence-corrected chi connectivity index (χ2v) is 5.26. The van der Waals surface area contributed by atoms with Crippen LogP contribution in [0.3, 0.4) is 0 Å². The molecular formula is C15H19NO9. The first-order chi connectivity index (χ1) is 11.6. The maximum atomic E-state index is 11.4. The molecule has 10 nitrogen and oxygen atoms in total. The van der Waals surface area contributed by atoms with E-state index in [4.69, 9.17) is 23.7 Å². The van der Waals surface area contributed by atoms with Crippen molar-refractivity contribution in [1.82, 2.24) is 0 Å². The van der Waals surface area contributed by atoms with Gasteiger partial charge in [-0.25, -0.2) is 0 Å². The molecule has 0 bridgehead atoms. The van der Waals surface area contributed by atoms with Gasteiger partial charge in [-0.2, -0.15) is 5.26 Å². The Morgan fingerprint density at radius 3 is 1.84 bits per heavy atom. The number of esters is 4. The highest BCUT2D eigenvalue weighted by atomic mass is 16.7. The van der Waals surface area contributed by atoms with Gasteiger partial charge in [-0.3, -0.25) is 19.2 Å². The molecule has 0 aliphatic carbocycles. The topological polar surface area (TPSA) is 138 Å². The number of ether oxygens (including phenoxy) is 5. The highest BCUT2D eigenvalue weighted by molar-refractivity contribution is 5.68. The molecule has 10 heteroatoms. The van der Waals surface area contributed by atoms with Crippen LogP contribution in [0.1, 0.15) is 27.7 Å². The fourth-order valence-electron chi connectivity index (χ4n) is 2.31. The summed E-state index contributed by atoms with van der Waals surface area (Å²) >= 11 is 0. The van der Waals surface area contributed by atoms with E-state index in [0.29, 0.717) is 0 Å². The van der Waals surface area contributed by atoms with Crippen molar-refractivity contribution in [3.05, 3.63) is 0 Å². The number of hydrogen-bond acceptors (Lipinski definition) is 10.